The Hall–Kier alpha value is -1.94. The Bertz CT molecular complexity index is 657. The molecule has 1 unspecified atom stereocenters. The van der Waals surface area contributed by atoms with E-state index in [4.69, 9.17) is 10.5 Å². The molecule has 0 aromatic heterocycles. The van der Waals surface area contributed by atoms with Crippen molar-refractivity contribution >= 4 is 0 Å². The van der Waals surface area contributed by atoms with Crippen LogP contribution in [0.5, 0.6) is 5.75 Å². The Kier molecular flexibility index (Phi) is 3.88. The SMILES string of the molecule is NC(CCc1ccc2c(c1)CCO2)c1cc(F)ccc1F. The molecule has 0 fully saturated rings. The average molecular weight is 289 g/mol. The van der Waals surface area contributed by atoms with E-state index in [1.54, 1.807) is 0 Å². The molecular weight excluding hydrogens is 272 g/mol. The predicted octanol–water partition coefficient (Wildman–Crippen LogP) is 3.53. The van der Waals surface area contributed by atoms with Gasteiger partial charge in [-0.3, -0.25) is 0 Å². The lowest BCUT2D eigenvalue weighted by Gasteiger charge is -2.13. The quantitative estimate of drug-likeness (QED) is 0.934. The van der Waals surface area contributed by atoms with Crippen LogP contribution in [0.4, 0.5) is 8.78 Å². The number of hydrogen-bond acceptors (Lipinski definition) is 2. The molecule has 1 atom stereocenters. The summed E-state index contributed by atoms with van der Waals surface area (Å²) in [7, 11) is 0. The van der Waals surface area contributed by atoms with Crippen molar-refractivity contribution < 1.29 is 13.5 Å². The van der Waals surface area contributed by atoms with Gasteiger partial charge in [-0.2, -0.15) is 0 Å². The maximum Gasteiger partial charge on any atom is 0.128 e. The Balaban J connectivity index is 1.68. The highest BCUT2D eigenvalue weighted by molar-refractivity contribution is 5.40. The van der Waals surface area contributed by atoms with Crippen molar-refractivity contribution in [2.75, 3.05) is 6.61 Å². The molecule has 4 heteroatoms. The van der Waals surface area contributed by atoms with Crippen LogP contribution in [0.2, 0.25) is 0 Å². The van der Waals surface area contributed by atoms with Crippen LogP contribution in [0, 0.1) is 11.6 Å². The minimum atomic E-state index is -0.509. The smallest absolute Gasteiger partial charge is 0.128 e. The van der Waals surface area contributed by atoms with Crippen molar-refractivity contribution in [1.82, 2.24) is 0 Å². The molecule has 3 rings (SSSR count). The summed E-state index contributed by atoms with van der Waals surface area (Å²) in [5, 5.41) is 0. The second-order valence-electron chi connectivity index (χ2n) is 5.35. The van der Waals surface area contributed by atoms with Crippen molar-refractivity contribution in [2.45, 2.75) is 25.3 Å². The van der Waals surface area contributed by atoms with Gasteiger partial charge < -0.3 is 10.5 Å². The van der Waals surface area contributed by atoms with Crippen LogP contribution in [0.25, 0.3) is 0 Å². The molecular formula is C17H17F2NO. The molecule has 0 amide bonds. The Morgan fingerprint density at radius 1 is 1.14 bits per heavy atom. The van der Waals surface area contributed by atoms with E-state index in [2.05, 4.69) is 6.07 Å². The van der Waals surface area contributed by atoms with Gasteiger partial charge in [-0.1, -0.05) is 12.1 Å². The minimum absolute atomic E-state index is 0.236. The highest BCUT2D eigenvalue weighted by Crippen LogP contribution is 2.27. The first kappa shape index (κ1) is 14.0. The summed E-state index contributed by atoms with van der Waals surface area (Å²) in [4.78, 5) is 0. The van der Waals surface area contributed by atoms with Gasteiger partial charge in [-0.25, -0.2) is 8.78 Å². The van der Waals surface area contributed by atoms with Crippen LogP contribution in [0.15, 0.2) is 36.4 Å². The summed E-state index contributed by atoms with van der Waals surface area (Å²) in [6.45, 7) is 0.729. The third kappa shape index (κ3) is 3.05. The zero-order valence-electron chi connectivity index (χ0n) is 11.6. The standard InChI is InChI=1S/C17H17F2NO/c18-13-3-4-15(19)14(10-13)16(20)5-1-11-2-6-17-12(9-11)7-8-21-17/h2-4,6,9-10,16H,1,5,7-8,20H2. The van der Waals surface area contributed by atoms with Crippen LogP contribution in [-0.2, 0) is 12.8 Å². The van der Waals surface area contributed by atoms with E-state index >= 15 is 0 Å². The van der Waals surface area contributed by atoms with E-state index in [9.17, 15) is 8.78 Å². The van der Waals surface area contributed by atoms with Gasteiger partial charge in [-0.15, -0.1) is 0 Å². The summed E-state index contributed by atoms with van der Waals surface area (Å²) in [6, 6.07) is 8.96. The normalized spacial score (nSPS) is 14.6. The van der Waals surface area contributed by atoms with E-state index < -0.39 is 17.7 Å². The molecule has 2 nitrogen and oxygen atoms in total. The molecule has 1 aliphatic heterocycles. The molecule has 2 N–H and O–H groups in total. The fourth-order valence-corrected chi connectivity index (χ4v) is 2.67. The fraction of sp³-hybridized carbons (Fsp3) is 0.294. The first-order chi connectivity index (χ1) is 10.1. The zero-order chi connectivity index (χ0) is 14.8. The Morgan fingerprint density at radius 3 is 2.86 bits per heavy atom. The van der Waals surface area contributed by atoms with Crippen molar-refractivity contribution in [1.29, 1.82) is 0 Å². The number of hydrogen-bond donors (Lipinski definition) is 1. The molecule has 2 aromatic rings. The maximum absolute atomic E-state index is 13.7. The predicted molar refractivity (Wildman–Crippen MR) is 77.2 cm³/mol. The highest BCUT2D eigenvalue weighted by Gasteiger charge is 2.15. The average Bonchev–Trinajstić information content (AvgIpc) is 2.94. The molecule has 0 saturated heterocycles. The summed E-state index contributed by atoms with van der Waals surface area (Å²) in [5.74, 6) is 0.0296. The molecule has 0 spiro atoms. The van der Waals surface area contributed by atoms with Gasteiger partial charge in [0, 0.05) is 18.0 Å². The summed E-state index contributed by atoms with van der Waals surface area (Å²) < 4.78 is 32.3. The number of aryl methyl sites for hydroxylation is 1. The summed E-state index contributed by atoms with van der Waals surface area (Å²) in [5.41, 5.74) is 8.58. The van der Waals surface area contributed by atoms with Gasteiger partial charge in [0.15, 0.2) is 0 Å². The number of benzene rings is 2. The zero-order valence-corrected chi connectivity index (χ0v) is 11.6. The molecule has 0 radical (unpaired) electrons. The first-order valence-electron chi connectivity index (χ1n) is 7.08. The maximum atomic E-state index is 13.7. The lowest BCUT2D eigenvalue weighted by atomic mass is 9.98. The van der Waals surface area contributed by atoms with Crippen molar-refractivity contribution in [3.05, 3.63) is 64.7 Å². The summed E-state index contributed by atoms with van der Waals surface area (Å²) in [6.07, 6.45) is 2.22. The lowest BCUT2D eigenvalue weighted by molar-refractivity contribution is 0.357. The van der Waals surface area contributed by atoms with Crippen LogP contribution in [0.3, 0.4) is 0 Å². The van der Waals surface area contributed by atoms with E-state index in [1.165, 1.54) is 11.6 Å². The van der Waals surface area contributed by atoms with Crippen LogP contribution >= 0.6 is 0 Å². The molecule has 0 saturated carbocycles. The molecule has 2 aromatic carbocycles. The third-order valence-electron chi connectivity index (χ3n) is 3.86. The van der Waals surface area contributed by atoms with Gasteiger partial charge in [0.1, 0.15) is 17.4 Å². The van der Waals surface area contributed by atoms with Crippen LogP contribution < -0.4 is 10.5 Å². The molecule has 1 aliphatic rings. The van der Waals surface area contributed by atoms with Crippen molar-refractivity contribution in [3.63, 3.8) is 0 Å². The molecule has 1 heterocycles. The number of ether oxygens (including phenoxy) is 1. The minimum Gasteiger partial charge on any atom is -0.493 e. The molecule has 0 aliphatic carbocycles. The van der Waals surface area contributed by atoms with Crippen molar-refractivity contribution in [3.8, 4) is 5.75 Å². The van der Waals surface area contributed by atoms with E-state index in [0.717, 1.165) is 42.9 Å². The monoisotopic (exact) mass is 289 g/mol. The van der Waals surface area contributed by atoms with E-state index in [1.807, 2.05) is 12.1 Å². The largest absolute Gasteiger partial charge is 0.493 e. The van der Waals surface area contributed by atoms with Crippen LogP contribution in [-0.4, -0.2) is 6.61 Å². The van der Waals surface area contributed by atoms with E-state index in [0.29, 0.717) is 6.42 Å². The molecule has 0 bridgehead atoms. The van der Waals surface area contributed by atoms with Crippen LogP contribution in [0.1, 0.15) is 29.2 Å². The van der Waals surface area contributed by atoms with Crippen molar-refractivity contribution in [2.24, 2.45) is 5.73 Å². The number of halogens is 2. The van der Waals surface area contributed by atoms with Gasteiger partial charge >= 0.3 is 0 Å². The molecule has 110 valence electrons. The van der Waals surface area contributed by atoms with Gasteiger partial charge in [-0.05, 0) is 48.2 Å². The van der Waals surface area contributed by atoms with E-state index in [-0.39, 0.29) is 5.56 Å². The topological polar surface area (TPSA) is 35.2 Å². The second kappa shape index (κ2) is 5.82. The van der Waals surface area contributed by atoms with Gasteiger partial charge in [0.05, 0.1) is 6.61 Å². The van der Waals surface area contributed by atoms with Gasteiger partial charge in [0.2, 0.25) is 0 Å². The number of fused-ring (bicyclic) bond motifs is 1. The third-order valence-corrected chi connectivity index (χ3v) is 3.86. The lowest BCUT2D eigenvalue weighted by Crippen LogP contribution is -2.13. The highest BCUT2D eigenvalue weighted by atomic mass is 19.1. The Morgan fingerprint density at radius 2 is 2.00 bits per heavy atom. The molecule has 21 heavy (non-hydrogen) atoms. The van der Waals surface area contributed by atoms with Gasteiger partial charge in [0.25, 0.3) is 0 Å². The Labute approximate surface area is 122 Å². The second-order valence-corrected chi connectivity index (χ2v) is 5.35. The number of rotatable bonds is 4. The summed E-state index contributed by atoms with van der Waals surface area (Å²) >= 11 is 0. The first-order valence-corrected chi connectivity index (χ1v) is 7.08. The fourth-order valence-electron chi connectivity index (χ4n) is 2.67. The number of nitrogens with two attached hydrogens (primary N) is 1.